The van der Waals surface area contributed by atoms with Crippen molar-refractivity contribution < 1.29 is 18.3 Å². The predicted molar refractivity (Wildman–Crippen MR) is 81.1 cm³/mol. The number of hydrogen-bond donors (Lipinski definition) is 2. The van der Waals surface area contributed by atoms with E-state index in [1.54, 1.807) is 38.3 Å². The fraction of sp³-hybridized carbons (Fsp3) is 0.188. The molecule has 1 amide bonds. The minimum absolute atomic E-state index is 0.201. The Morgan fingerprint density at radius 2 is 1.68 bits per heavy atom. The van der Waals surface area contributed by atoms with E-state index in [9.17, 15) is 13.6 Å². The quantitative estimate of drug-likeness (QED) is 0.890. The highest BCUT2D eigenvalue weighted by Crippen LogP contribution is 2.17. The molecule has 0 heterocycles. The van der Waals surface area contributed by atoms with Gasteiger partial charge >= 0.3 is 0 Å². The number of methoxy groups -OCH3 is 1. The van der Waals surface area contributed by atoms with Crippen LogP contribution in [0, 0.1) is 11.6 Å². The summed E-state index contributed by atoms with van der Waals surface area (Å²) in [5, 5.41) is 5.52. The van der Waals surface area contributed by atoms with Crippen LogP contribution in [-0.2, 0) is 4.79 Å². The number of hydrogen-bond acceptors (Lipinski definition) is 3. The van der Waals surface area contributed by atoms with Gasteiger partial charge in [0.05, 0.1) is 7.11 Å². The molecule has 6 heteroatoms. The maximum Gasteiger partial charge on any atom is 0.246 e. The monoisotopic (exact) mass is 306 g/mol. The molecule has 0 aromatic heterocycles. The highest BCUT2D eigenvalue weighted by Gasteiger charge is 2.13. The van der Waals surface area contributed by atoms with Gasteiger partial charge in [0.1, 0.15) is 11.8 Å². The van der Waals surface area contributed by atoms with Crippen LogP contribution in [-0.4, -0.2) is 19.1 Å². The summed E-state index contributed by atoms with van der Waals surface area (Å²) in [6, 6.07) is 9.74. The SMILES string of the molecule is COc1ccc(NC(C)C(=O)Nc2ccc(F)c(F)c2)cc1. The van der Waals surface area contributed by atoms with Crippen molar-refractivity contribution in [3.8, 4) is 5.75 Å². The van der Waals surface area contributed by atoms with Gasteiger partial charge in [-0.25, -0.2) is 8.78 Å². The number of anilines is 2. The topological polar surface area (TPSA) is 50.4 Å². The molecule has 2 N–H and O–H groups in total. The zero-order valence-corrected chi connectivity index (χ0v) is 12.2. The van der Waals surface area contributed by atoms with Crippen LogP contribution < -0.4 is 15.4 Å². The van der Waals surface area contributed by atoms with Crippen LogP contribution in [0.2, 0.25) is 0 Å². The molecule has 0 saturated carbocycles. The number of nitrogens with one attached hydrogen (secondary N) is 2. The zero-order chi connectivity index (χ0) is 16.1. The second-order valence-corrected chi connectivity index (χ2v) is 4.71. The average molecular weight is 306 g/mol. The summed E-state index contributed by atoms with van der Waals surface area (Å²) in [7, 11) is 1.57. The van der Waals surface area contributed by atoms with E-state index < -0.39 is 17.7 Å². The summed E-state index contributed by atoms with van der Waals surface area (Å²) in [6.07, 6.45) is 0. The smallest absolute Gasteiger partial charge is 0.246 e. The Balaban J connectivity index is 1.97. The van der Waals surface area contributed by atoms with Gasteiger partial charge < -0.3 is 15.4 Å². The van der Waals surface area contributed by atoms with Gasteiger partial charge in [0, 0.05) is 17.4 Å². The Kier molecular flexibility index (Phi) is 4.93. The first-order chi connectivity index (χ1) is 10.5. The van der Waals surface area contributed by atoms with Crippen molar-refractivity contribution in [2.45, 2.75) is 13.0 Å². The fourth-order valence-corrected chi connectivity index (χ4v) is 1.83. The third kappa shape index (κ3) is 3.94. The second kappa shape index (κ2) is 6.89. The molecular formula is C16H16F2N2O2. The number of carbonyl (C=O) groups is 1. The zero-order valence-electron chi connectivity index (χ0n) is 12.2. The van der Waals surface area contributed by atoms with Crippen molar-refractivity contribution >= 4 is 17.3 Å². The Bertz CT molecular complexity index is 660. The minimum Gasteiger partial charge on any atom is -0.497 e. The molecule has 0 radical (unpaired) electrons. The summed E-state index contributed by atoms with van der Waals surface area (Å²) in [6.45, 7) is 1.67. The van der Waals surface area contributed by atoms with Gasteiger partial charge in [0.2, 0.25) is 5.91 Å². The van der Waals surface area contributed by atoms with E-state index in [4.69, 9.17) is 4.74 Å². The van der Waals surface area contributed by atoms with E-state index in [0.29, 0.717) is 5.75 Å². The molecule has 0 aliphatic heterocycles. The van der Waals surface area contributed by atoms with E-state index in [2.05, 4.69) is 10.6 Å². The van der Waals surface area contributed by atoms with Crippen LogP contribution in [0.3, 0.4) is 0 Å². The molecule has 0 spiro atoms. The van der Waals surface area contributed by atoms with Gasteiger partial charge in [0.25, 0.3) is 0 Å². The lowest BCUT2D eigenvalue weighted by Gasteiger charge is -2.15. The lowest BCUT2D eigenvalue weighted by Crippen LogP contribution is -2.31. The Hall–Kier alpha value is -2.63. The van der Waals surface area contributed by atoms with Gasteiger partial charge in [-0.15, -0.1) is 0 Å². The molecule has 1 unspecified atom stereocenters. The van der Waals surface area contributed by atoms with Crippen LogP contribution in [0.5, 0.6) is 5.75 Å². The molecule has 0 aliphatic carbocycles. The van der Waals surface area contributed by atoms with E-state index in [-0.39, 0.29) is 11.6 Å². The first-order valence-electron chi connectivity index (χ1n) is 6.66. The summed E-state index contributed by atoms with van der Waals surface area (Å²) >= 11 is 0. The third-order valence-electron chi connectivity index (χ3n) is 3.05. The van der Waals surface area contributed by atoms with Crippen LogP contribution in [0.15, 0.2) is 42.5 Å². The number of amides is 1. The maximum absolute atomic E-state index is 13.1. The minimum atomic E-state index is -1.01. The molecule has 2 aromatic carbocycles. The molecule has 4 nitrogen and oxygen atoms in total. The number of halogens is 2. The average Bonchev–Trinajstić information content (AvgIpc) is 2.51. The van der Waals surface area contributed by atoms with Gasteiger partial charge in [-0.05, 0) is 43.3 Å². The number of rotatable bonds is 5. The van der Waals surface area contributed by atoms with Crippen LogP contribution in [0.4, 0.5) is 20.2 Å². The van der Waals surface area contributed by atoms with Crippen LogP contribution in [0.1, 0.15) is 6.92 Å². The van der Waals surface area contributed by atoms with Crippen molar-refractivity contribution in [1.29, 1.82) is 0 Å². The number of ether oxygens (including phenoxy) is 1. The van der Waals surface area contributed by atoms with Gasteiger partial charge in [0.15, 0.2) is 11.6 Å². The van der Waals surface area contributed by atoms with Gasteiger partial charge in [-0.1, -0.05) is 0 Å². The van der Waals surface area contributed by atoms with Gasteiger partial charge in [-0.2, -0.15) is 0 Å². The number of carbonyl (C=O) groups excluding carboxylic acids is 1. The van der Waals surface area contributed by atoms with Gasteiger partial charge in [-0.3, -0.25) is 4.79 Å². The molecule has 0 fully saturated rings. The largest absolute Gasteiger partial charge is 0.497 e. The number of benzene rings is 2. The molecule has 0 saturated heterocycles. The standard InChI is InChI=1S/C16H16F2N2O2/c1-10(19-11-3-6-13(22-2)7-4-11)16(21)20-12-5-8-14(17)15(18)9-12/h3-10,19H,1-2H3,(H,20,21). The summed E-state index contributed by atoms with van der Waals surface area (Å²) in [5.41, 5.74) is 0.945. The highest BCUT2D eigenvalue weighted by atomic mass is 19.2. The maximum atomic E-state index is 13.1. The first kappa shape index (κ1) is 15.8. The second-order valence-electron chi connectivity index (χ2n) is 4.71. The normalized spacial score (nSPS) is 11.6. The molecule has 116 valence electrons. The van der Waals surface area contributed by atoms with Crippen LogP contribution >= 0.6 is 0 Å². The summed E-state index contributed by atoms with van der Waals surface area (Å²) < 4.78 is 31.0. The predicted octanol–water partition coefficient (Wildman–Crippen LogP) is 3.41. The molecule has 0 aliphatic rings. The Morgan fingerprint density at radius 3 is 2.27 bits per heavy atom. The first-order valence-corrected chi connectivity index (χ1v) is 6.66. The lowest BCUT2D eigenvalue weighted by molar-refractivity contribution is -0.116. The van der Waals surface area contributed by atoms with E-state index in [1.165, 1.54) is 6.07 Å². The van der Waals surface area contributed by atoms with Crippen molar-refractivity contribution in [3.05, 3.63) is 54.1 Å². The Labute approximate surface area is 127 Å². The van der Waals surface area contributed by atoms with Crippen molar-refractivity contribution in [2.24, 2.45) is 0 Å². The molecule has 2 aromatic rings. The molecule has 0 bridgehead atoms. The lowest BCUT2D eigenvalue weighted by atomic mass is 10.2. The summed E-state index contributed by atoms with van der Waals surface area (Å²) in [5.74, 6) is -1.61. The Morgan fingerprint density at radius 1 is 1.05 bits per heavy atom. The van der Waals surface area contributed by atoms with E-state index in [1.807, 2.05) is 0 Å². The molecular weight excluding hydrogens is 290 g/mol. The third-order valence-corrected chi connectivity index (χ3v) is 3.05. The van der Waals surface area contributed by atoms with E-state index >= 15 is 0 Å². The van der Waals surface area contributed by atoms with Crippen molar-refractivity contribution in [3.63, 3.8) is 0 Å². The van der Waals surface area contributed by atoms with Crippen molar-refractivity contribution in [1.82, 2.24) is 0 Å². The molecule has 22 heavy (non-hydrogen) atoms. The van der Waals surface area contributed by atoms with Crippen LogP contribution in [0.25, 0.3) is 0 Å². The van der Waals surface area contributed by atoms with Crippen molar-refractivity contribution in [2.75, 3.05) is 17.7 Å². The molecule has 2 rings (SSSR count). The molecule has 1 atom stereocenters. The highest BCUT2D eigenvalue weighted by molar-refractivity contribution is 5.96. The van der Waals surface area contributed by atoms with E-state index in [0.717, 1.165) is 17.8 Å². The fourth-order valence-electron chi connectivity index (χ4n) is 1.83. The summed E-state index contributed by atoms with van der Waals surface area (Å²) in [4.78, 5) is 12.0.